The van der Waals surface area contributed by atoms with Gasteiger partial charge in [-0.1, -0.05) is 24.3 Å². The minimum Gasteiger partial charge on any atom is -0.330 e. The smallest absolute Gasteiger partial charge is 0.206 e. The lowest BCUT2D eigenvalue weighted by molar-refractivity contribution is 0.557. The molecule has 2 aromatic carbocycles. The van der Waals surface area contributed by atoms with Crippen molar-refractivity contribution >= 4 is 9.84 Å². The third kappa shape index (κ3) is 2.61. The Morgan fingerprint density at radius 1 is 1.05 bits per heavy atom. The van der Waals surface area contributed by atoms with Gasteiger partial charge in [-0.05, 0) is 67.1 Å². The maximum absolute atomic E-state index is 12.7. The van der Waals surface area contributed by atoms with Crippen LogP contribution in [0.2, 0.25) is 0 Å². The van der Waals surface area contributed by atoms with Gasteiger partial charge in [-0.3, -0.25) is 0 Å². The molecule has 0 saturated carbocycles. The highest BCUT2D eigenvalue weighted by Gasteiger charge is 2.23. The van der Waals surface area contributed by atoms with E-state index in [9.17, 15) is 8.42 Å². The average Bonchev–Trinajstić information content (AvgIpc) is 2.54. The van der Waals surface area contributed by atoms with Crippen molar-refractivity contribution in [2.45, 2.75) is 35.0 Å². The summed E-state index contributed by atoms with van der Waals surface area (Å²) in [4.78, 5) is 0.706. The van der Waals surface area contributed by atoms with Crippen molar-refractivity contribution in [1.29, 1.82) is 0 Å². The summed E-state index contributed by atoms with van der Waals surface area (Å²) >= 11 is 0. The van der Waals surface area contributed by atoms with E-state index in [-0.39, 0.29) is 5.92 Å². The lowest BCUT2D eigenvalue weighted by Gasteiger charge is -2.25. The van der Waals surface area contributed by atoms with Crippen LogP contribution in [0.4, 0.5) is 0 Å². The van der Waals surface area contributed by atoms with Crippen molar-refractivity contribution in [3.63, 3.8) is 0 Å². The first-order valence-corrected chi connectivity index (χ1v) is 8.74. The van der Waals surface area contributed by atoms with Gasteiger partial charge < -0.3 is 5.73 Å². The van der Waals surface area contributed by atoms with E-state index in [4.69, 9.17) is 5.73 Å². The number of aryl methyl sites for hydroxylation is 1. The molecule has 110 valence electrons. The van der Waals surface area contributed by atoms with E-state index in [0.29, 0.717) is 16.3 Å². The molecule has 0 spiro atoms. The number of fused-ring (bicyclic) bond motifs is 1. The molecule has 0 fully saturated rings. The van der Waals surface area contributed by atoms with Crippen LogP contribution in [0.5, 0.6) is 0 Å². The van der Waals surface area contributed by atoms with Crippen LogP contribution in [-0.4, -0.2) is 15.0 Å². The van der Waals surface area contributed by atoms with E-state index in [1.165, 1.54) is 5.56 Å². The quantitative estimate of drug-likeness (QED) is 0.948. The Hall–Kier alpha value is -1.65. The van der Waals surface area contributed by atoms with Gasteiger partial charge in [-0.15, -0.1) is 0 Å². The van der Waals surface area contributed by atoms with Crippen LogP contribution in [0.1, 0.15) is 29.9 Å². The Labute approximate surface area is 125 Å². The molecule has 1 atom stereocenters. The molecule has 1 aliphatic carbocycles. The van der Waals surface area contributed by atoms with Gasteiger partial charge in [0.05, 0.1) is 9.79 Å². The molecule has 0 aromatic heterocycles. The van der Waals surface area contributed by atoms with Crippen LogP contribution in [-0.2, 0) is 16.3 Å². The molecular weight excluding hydrogens is 282 g/mol. The number of hydrogen-bond donors (Lipinski definition) is 1. The zero-order valence-corrected chi connectivity index (χ0v) is 12.6. The Balaban J connectivity index is 2.08. The average molecular weight is 301 g/mol. The Bertz CT molecular complexity index is 739. The highest BCUT2D eigenvalue weighted by atomic mass is 32.2. The zero-order chi connectivity index (χ0) is 14.9. The van der Waals surface area contributed by atoms with Gasteiger partial charge in [-0.25, -0.2) is 8.42 Å². The molecule has 0 aliphatic heterocycles. The molecule has 0 bridgehead atoms. The molecule has 3 rings (SSSR count). The maximum Gasteiger partial charge on any atom is 0.206 e. The summed E-state index contributed by atoms with van der Waals surface area (Å²) in [5, 5.41) is 0. The summed E-state index contributed by atoms with van der Waals surface area (Å²) in [5.41, 5.74) is 8.19. The fraction of sp³-hybridized carbons (Fsp3) is 0.294. The van der Waals surface area contributed by atoms with E-state index in [1.54, 1.807) is 30.3 Å². The van der Waals surface area contributed by atoms with E-state index >= 15 is 0 Å². The summed E-state index contributed by atoms with van der Waals surface area (Å²) in [6.45, 7) is 0.571. The van der Waals surface area contributed by atoms with E-state index in [0.717, 1.165) is 24.8 Å². The summed E-state index contributed by atoms with van der Waals surface area (Å²) in [7, 11) is -3.44. The standard InChI is InChI=1S/C17H19NO2S/c18-12-14-6-4-5-13-9-10-16(11-17(13)14)21(19,20)15-7-2-1-3-8-15/h1-3,7-11,14H,4-6,12,18H2/t14-/m1/s1. The molecule has 0 heterocycles. The molecule has 0 radical (unpaired) electrons. The number of hydrogen-bond acceptors (Lipinski definition) is 3. The van der Waals surface area contributed by atoms with Crippen molar-refractivity contribution in [3.8, 4) is 0 Å². The van der Waals surface area contributed by atoms with E-state index < -0.39 is 9.84 Å². The molecular formula is C17H19NO2S. The van der Waals surface area contributed by atoms with Crippen LogP contribution in [0.3, 0.4) is 0 Å². The number of sulfone groups is 1. The monoisotopic (exact) mass is 301 g/mol. The fourth-order valence-corrected chi connectivity index (χ4v) is 4.34. The third-order valence-corrected chi connectivity index (χ3v) is 5.97. The Morgan fingerprint density at radius 3 is 2.52 bits per heavy atom. The predicted octanol–water partition coefficient (Wildman–Crippen LogP) is 2.90. The first-order valence-electron chi connectivity index (χ1n) is 7.26. The number of benzene rings is 2. The van der Waals surface area contributed by atoms with E-state index in [1.807, 2.05) is 18.2 Å². The molecule has 0 amide bonds. The molecule has 21 heavy (non-hydrogen) atoms. The Kier molecular flexibility index (Phi) is 3.83. The topological polar surface area (TPSA) is 60.2 Å². The van der Waals surface area contributed by atoms with Crippen molar-refractivity contribution < 1.29 is 8.42 Å². The van der Waals surface area contributed by atoms with Gasteiger partial charge in [0.1, 0.15) is 0 Å². The normalized spacial score (nSPS) is 18.2. The van der Waals surface area contributed by atoms with Crippen molar-refractivity contribution in [2.24, 2.45) is 5.73 Å². The van der Waals surface area contributed by atoms with Crippen LogP contribution < -0.4 is 5.73 Å². The predicted molar refractivity (Wildman–Crippen MR) is 83.1 cm³/mol. The fourth-order valence-electron chi connectivity index (χ4n) is 3.02. The largest absolute Gasteiger partial charge is 0.330 e. The second kappa shape index (κ2) is 5.62. The van der Waals surface area contributed by atoms with Crippen molar-refractivity contribution in [3.05, 3.63) is 59.7 Å². The van der Waals surface area contributed by atoms with Gasteiger partial charge in [0.2, 0.25) is 9.84 Å². The van der Waals surface area contributed by atoms with Crippen LogP contribution in [0.15, 0.2) is 58.3 Å². The first kappa shape index (κ1) is 14.3. The van der Waals surface area contributed by atoms with Gasteiger partial charge in [-0.2, -0.15) is 0 Å². The summed E-state index contributed by atoms with van der Waals surface area (Å²) in [5.74, 6) is 0.277. The highest BCUT2D eigenvalue weighted by Crippen LogP contribution is 2.33. The highest BCUT2D eigenvalue weighted by molar-refractivity contribution is 7.91. The molecule has 2 aromatic rings. The minimum atomic E-state index is -3.44. The van der Waals surface area contributed by atoms with Crippen LogP contribution >= 0.6 is 0 Å². The second-order valence-electron chi connectivity index (χ2n) is 5.50. The first-order chi connectivity index (χ1) is 10.1. The molecule has 4 heteroatoms. The molecule has 2 N–H and O–H groups in total. The van der Waals surface area contributed by atoms with E-state index in [2.05, 4.69) is 0 Å². The molecule has 3 nitrogen and oxygen atoms in total. The van der Waals surface area contributed by atoms with Gasteiger partial charge in [0.15, 0.2) is 0 Å². The second-order valence-corrected chi connectivity index (χ2v) is 7.45. The maximum atomic E-state index is 12.7. The van der Waals surface area contributed by atoms with Crippen molar-refractivity contribution in [1.82, 2.24) is 0 Å². The minimum absolute atomic E-state index is 0.277. The molecule has 0 saturated heterocycles. The Morgan fingerprint density at radius 2 is 1.81 bits per heavy atom. The SMILES string of the molecule is NC[C@H]1CCCc2ccc(S(=O)(=O)c3ccccc3)cc21. The summed E-state index contributed by atoms with van der Waals surface area (Å²) < 4.78 is 25.4. The zero-order valence-electron chi connectivity index (χ0n) is 11.8. The van der Waals surface area contributed by atoms with Crippen LogP contribution in [0, 0.1) is 0 Å². The number of nitrogens with two attached hydrogens (primary N) is 1. The lowest BCUT2D eigenvalue weighted by Crippen LogP contribution is -2.18. The van der Waals surface area contributed by atoms with Gasteiger partial charge in [0, 0.05) is 0 Å². The van der Waals surface area contributed by atoms with Crippen molar-refractivity contribution in [2.75, 3.05) is 6.54 Å². The van der Waals surface area contributed by atoms with Gasteiger partial charge in [0.25, 0.3) is 0 Å². The summed E-state index contributed by atoms with van der Waals surface area (Å²) in [6.07, 6.45) is 3.18. The number of rotatable bonds is 3. The third-order valence-electron chi connectivity index (χ3n) is 4.20. The molecule has 0 unspecified atom stereocenters. The lowest BCUT2D eigenvalue weighted by atomic mass is 9.83. The summed E-state index contributed by atoms with van der Waals surface area (Å²) in [6, 6.07) is 14.1. The van der Waals surface area contributed by atoms with Crippen LogP contribution in [0.25, 0.3) is 0 Å². The van der Waals surface area contributed by atoms with Gasteiger partial charge >= 0.3 is 0 Å². The molecule has 1 aliphatic rings.